The van der Waals surface area contributed by atoms with Crippen LogP contribution in [0.15, 0.2) is 42.6 Å². The van der Waals surface area contributed by atoms with Crippen molar-refractivity contribution >= 4 is 17.4 Å². The molecule has 0 bridgehead atoms. The lowest BCUT2D eigenvalue weighted by Crippen LogP contribution is -2.31. The molecule has 0 saturated heterocycles. The number of aromatic nitrogens is 2. The number of hydrogen-bond donors (Lipinski definition) is 0. The van der Waals surface area contributed by atoms with Crippen LogP contribution in [-0.4, -0.2) is 28.4 Å². The Labute approximate surface area is 172 Å². The number of benzene rings is 1. The summed E-state index contributed by atoms with van der Waals surface area (Å²) in [5.41, 5.74) is 5.05. The molecule has 3 rings (SSSR count). The molecule has 5 heteroatoms. The van der Waals surface area contributed by atoms with E-state index >= 15 is 0 Å². The van der Waals surface area contributed by atoms with Crippen LogP contribution in [0.3, 0.4) is 0 Å². The zero-order valence-corrected chi connectivity index (χ0v) is 17.6. The molecule has 2 aromatic heterocycles. The lowest BCUT2D eigenvalue weighted by atomic mass is 10.1. The molecule has 0 aliphatic heterocycles. The van der Waals surface area contributed by atoms with Gasteiger partial charge < -0.3 is 0 Å². The Kier molecular flexibility index (Phi) is 6.66. The summed E-state index contributed by atoms with van der Waals surface area (Å²) in [6.45, 7) is 12.3. The summed E-state index contributed by atoms with van der Waals surface area (Å²) in [6.07, 6.45) is 6.01. The number of carbonyl (C=O) groups is 1. The SMILES string of the molecule is C#[N+]CCCCCCN(C(C)=O)c1c(-c2ccc(C)cc2)nc2cc(C)ccn12. The lowest BCUT2D eigenvalue weighted by Gasteiger charge is -2.22. The zero-order chi connectivity index (χ0) is 20.8. The number of pyridine rings is 1. The van der Waals surface area contributed by atoms with Gasteiger partial charge in [-0.15, -0.1) is 0 Å². The summed E-state index contributed by atoms with van der Waals surface area (Å²) >= 11 is 0. The van der Waals surface area contributed by atoms with E-state index in [0.717, 1.165) is 54.0 Å². The topological polar surface area (TPSA) is 42.0 Å². The van der Waals surface area contributed by atoms with Crippen LogP contribution in [0.1, 0.15) is 43.7 Å². The summed E-state index contributed by atoms with van der Waals surface area (Å²) in [6, 6.07) is 12.4. The lowest BCUT2D eigenvalue weighted by molar-refractivity contribution is -0.116. The van der Waals surface area contributed by atoms with Gasteiger partial charge in [0.15, 0.2) is 0 Å². The van der Waals surface area contributed by atoms with Crippen LogP contribution in [0.2, 0.25) is 0 Å². The summed E-state index contributed by atoms with van der Waals surface area (Å²) in [5.74, 6) is 0.867. The molecule has 0 spiro atoms. The second kappa shape index (κ2) is 9.38. The first-order valence-electron chi connectivity index (χ1n) is 10.2. The van der Waals surface area contributed by atoms with E-state index < -0.39 is 0 Å². The standard InChI is InChI=1S/C24H29N4O/c1-18-9-11-21(12-10-18)23-24(28-16-13-19(2)17-22(28)26-23)27(20(3)29)15-8-6-5-7-14-25-4/h4,9-13,16-17H,5-8,14-15H2,1-3H3/q+1. The average molecular weight is 390 g/mol. The number of hydrogen-bond acceptors (Lipinski definition) is 2. The van der Waals surface area contributed by atoms with Gasteiger partial charge in [-0.2, -0.15) is 0 Å². The van der Waals surface area contributed by atoms with E-state index in [0.29, 0.717) is 13.1 Å². The Bertz CT molecular complexity index is 1030. The zero-order valence-electron chi connectivity index (χ0n) is 17.6. The van der Waals surface area contributed by atoms with Crippen molar-refractivity contribution in [3.8, 4) is 17.8 Å². The minimum Gasteiger partial charge on any atom is -0.296 e. The Morgan fingerprint density at radius 3 is 2.48 bits per heavy atom. The number of aryl methyl sites for hydroxylation is 2. The number of fused-ring (bicyclic) bond motifs is 1. The second-order valence-corrected chi connectivity index (χ2v) is 7.57. The van der Waals surface area contributed by atoms with Crippen LogP contribution in [0.4, 0.5) is 5.82 Å². The molecule has 0 fully saturated rings. The largest absolute Gasteiger partial charge is 0.296 e. The van der Waals surface area contributed by atoms with Crippen molar-refractivity contribution in [1.82, 2.24) is 9.38 Å². The monoisotopic (exact) mass is 389 g/mol. The Hall–Kier alpha value is -3.13. The molecule has 0 aliphatic rings. The number of carbonyl (C=O) groups excluding carboxylic acids is 1. The first-order valence-corrected chi connectivity index (χ1v) is 10.2. The quantitative estimate of drug-likeness (QED) is 0.478. The highest BCUT2D eigenvalue weighted by atomic mass is 16.2. The minimum atomic E-state index is 0.0256. The number of nitrogens with zero attached hydrogens (tertiary/aromatic N) is 4. The molecular formula is C24H29N4O+. The van der Waals surface area contributed by atoms with Crippen molar-refractivity contribution in [2.75, 3.05) is 18.0 Å². The van der Waals surface area contributed by atoms with Crippen molar-refractivity contribution in [2.45, 2.75) is 46.5 Å². The van der Waals surface area contributed by atoms with E-state index in [1.807, 2.05) is 21.6 Å². The molecule has 0 unspecified atom stereocenters. The third kappa shape index (κ3) is 4.83. The van der Waals surface area contributed by atoms with Gasteiger partial charge in [0.1, 0.15) is 17.2 Å². The van der Waals surface area contributed by atoms with Crippen molar-refractivity contribution in [1.29, 1.82) is 0 Å². The molecule has 1 aromatic carbocycles. The highest BCUT2D eigenvalue weighted by Crippen LogP contribution is 2.32. The van der Waals surface area contributed by atoms with Crippen molar-refractivity contribution in [3.05, 3.63) is 58.6 Å². The average Bonchev–Trinajstić information content (AvgIpc) is 3.06. The van der Waals surface area contributed by atoms with Gasteiger partial charge in [0.05, 0.1) is 0 Å². The third-order valence-corrected chi connectivity index (χ3v) is 5.14. The fourth-order valence-corrected chi connectivity index (χ4v) is 3.54. The van der Waals surface area contributed by atoms with Crippen molar-refractivity contribution in [3.63, 3.8) is 0 Å². The fraction of sp³-hybridized carbons (Fsp3) is 0.375. The molecule has 0 aliphatic carbocycles. The Balaban J connectivity index is 1.97. The highest BCUT2D eigenvalue weighted by Gasteiger charge is 2.22. The van der Waals surface area contributed by atoms with Crippen LogP contribution < -0.4 is 4.90 Å². The van der Waals surface area contributed by atoms with Crippen LogP contribution in [0.5, 0.6) is 0 Å². The molecule has 0 radical (unpaired) electrons. The molecule has 0 atom stereocenters. The predicted molar refractivity (Wildman–Crippen MR) is 120 cm³/mol. The number of anilines is 1. The molecular weight excluding hydrogens is 360 g/mol. The van der Waals surface area contributed by atoms with E-state index in [1.165, 1.54) is 5.56 Å². The molecule has 5 nitrogen and oxygen atoms in total. The Morgan fingerprint density at radius 1 is 1.07 bits per heavy atom. The maximum atomic E-state index is 12.6. The van der Waals surface area contributed by atoms with Gasteiger partial charge in [-0.1, -0.05) is 41.1 Å². The first-order chi connectivity index (χ1) is 14.0. The van der Waals surface area contributed by atoms with Gasteiger partial charge in [0.2, 0.25) is 5.91 Å². The van der Waals surface area contributed by atoms with Crippen molar-refractivity contribution in [2.24, 2.45) is 0 Å². The van der Waals surface area contributed by atoms with Crippen molar-refractivity contribution < 1.29 is 4.79 Å². The molecule has 3 aromatic rings. The second-order valence-electron chi connectivity index (χ2n) is 7.57. The molecule has 0 saturated carbocycles. The smallest absolute Gasteiger partial charge is 0.263 e. The van der Waals surface area contributed by atoms with Gasteiger partial charge in [-0.3, -0.25) is 14.1 Å². The van der Waals surface area contributed by atoms with E-state index in [1.54, 1.807) is 6.92 Å². The number of rotatable bonds is 8. The van der Waals surface area contributed by atoms with E-state index in [2.05, 4.69) is 49.0 Å². The molecule has 2 heterocycles. The van der Waals surface area contributed by atoms with Gasteiger partial charge >= 0.3 is 0 Å². The van der Waals surface area contributed by atoms with Gasteiger partial charge in [0.25, 0.3) is 13.1 Å². The van der Waals surface area contributed by atoms with Gasteiger partial charge in [-0.05, 0) is 44.4 Å². The number of unbranched alkanes of at least 4 members (excludes halogenated alkanes) is 3. The summed E-state index contributed by atoms with van der Waals surface area (Å²) < 4.78 is 2.02. The third-order valence-electron chi connectivity index (χ3n) is 5.14. The molecule has 29 heavy (non-hydrogen) atoms. The fourth-order valence-electron chi connectivity index (χ4n) is 3.54. The molecule has 1 amide bonds. The van der Waals surface area contributed by atoms with Crippen LogP contribution in [0, 0.1) is 20.4 Å². The van der Waals surface area contributed by atoms with E-state index in [9.17, 15) is 4.79 Å². The van der Waals surface area contributed by atoms with E-state index in [-0.39, 0.29) is 5.91 Å². The summed E-state index contributed by atoms with van der Waals surface area (Å²) in [5, 5.41) is 0. The minimum absolute atomic E-state index is 0.0256. The van der Waals surface area contributed by atoms with Crippen LogP contribution in [0.25, 0.3) is 21.7 Å². The van der Waals surface area contributed by atoms with Crippen LogP contribution >= 0.6 is 0 Å². The van der Waals surface area contributed by atoms with Gasteiger partial charge in [0, 0.05) is 31.6 Å². The maximum absolute atomic E-state index is 12.6. The Morgan fingerprint density at radius 2 is 1.79 bits per heavy atom. The summed E-state index contributed by atoms with van der Waals surface area (Å²) in [4.78, 5) is 23.0. The first kappa shape index (κ1) is 20.6. The summed E-state index contributed by atoms with van der Waals surface area (Å²) in [7, 11) is 0. The van der Waals surface area contributed by atoms with Crippen LogP contribution in [-0.2, 0) is 4.79 Å². The normalized spacial score (nSPS) is 10.8. The predicted octanol–water partition coefficient (Wildman–Crippen LogP) is 5.49. The number of imidazole rings is 1. The van der Waals surface area contributed by atoms with Gasteiger partial charge in [-0.25, -0.2) is 4.98 Å². The van der Waals surface area contributed by atoms with E-state index in [4.69, 9.17) is 11.6 Å². The number of amides is 1. The molecule has 150 valence electrons. The highest BCUT2D eigenvalue weighted by molar-refractivity contribution is 5.95. The maximum Gasteiger partial charge on any atom is 0.263 e. The molecule has 0 N–H and O–H groups in total.